The van der Waals surface area contributed by atoms with Gasteiger partial charge in [-0.25, -0.2) is 0 Å². The summed E-state index contributed by atoms with van der Waals surface area (Å²) in [6, 6.07) is 9.67. The Hall–Kier alpha value is -1.28. The summed E-state index contributed by atoms with van der Waals surface area (Å²) in [6.45, 7) is 1.95. The molecule has 1 aromatic heterocycles. The second-order valence-corrected chi connectivity index (χ2v) is 3.37. The maximum atomic E-state index is 5.78. The van der Waals surface area contributed by atoms with Gasteiger partial charge in [-0.05, 0) is 30.7 Å². The first-order chi connectivity index (χ1) is 6.25. The Morgan fingerprint density at radius 1 is 1.23 bits per heavy atom. The minimum atomic E-state index is 0.750. The number of rotatable bonds is 1. The zero-order valence-electron chi connectivity index (χ0n) is 7.21. The van der Waals surface area contributed by atoms with Crippen LogP contribution in [-0.2, 0) is 0 Å². The molecule has 1 N–H and O–H groups in total. The van der Waals surface area contributed by atoms with E-state index in [0.29, 0.717) is 0 Å². The lowest BCUT2D eigenvalue weighted by molar-refractivity contribution is 1.05. The van der Waals surface area contributed by atoms with Gasteiger partial charge in [0.15, 0.2) is 0 Å². The molecule has 0 amide bonds. The van der Waals surface area contributed by atoms with E-state index in [1.165, 1.54) is 0 Å². The van der Waals surface area contributed by atoms with Crippen molar-refractivity contribution in [1.29, 1.82) is 0 Å². The molecule has 0 spiro atoms. The molecule has 2 rings (SSSR count). The van der Waals surface area contributed by atoms with E-state index in [0.717, 1.165) is 22.0 Å². The first kappa shape index (κ1) is 8.32. The molecule has 2 nitrogen and oxygen atoms in total. The normalized spacial score (nSPS) is 10.3. The Bertz CT molecular complexity index is 403. The Morgan fingerprint density at radius 3 is 2.46 bits per heavy atom. The highest BCUT2D eigenvalue weighted by Gasteiger charge is 1.99. The van der Waals surface area contributed by atoms with Crippen molar-refractivity contribution in [3.63, 3.8) is 0 Å². The molecule has 0 saturated carbocycles. The van der Waals surface area contributed by atoms with Crippen molar-refractivity contribution in [1.82, 2.24) is 10.2 Å². The molecule has 0 atom stereocenters. The number of aromatic amines is 1. The maximum Gasteiger partial charge on any atom is 0.0652 e. The third kappa shape index (κ3) is 1.73. The van der Waals surface area contributed by atoms with Crippen LogP contribution in [0, 0.1) is 6.92 Å². The van der Waals surface area contributed by atoms with Gasteiger partial charge in [-0.3, -0.25) is 5.10 Å². The van der Waals surface area contributed by atoms with Gasteiger partial charge in [-0.15, -0.1) is 0 Å². The molecule has 0 radical (unpaired) electrons. The van der Waals surface area contributed by atoms with Crippen LogP contribution in [0.2, 0.25) is 5.02 Å². The van der Waals surface area contributed by atoms with Crippen molar-refractivity contribution in [2.45, 2.75) is 6.92 Å². The van der Waals surface area contributed by atoms with Crippen molar-refractivity contribution in [2.75, 3.05) is 0 Å². The number of H-pyrrole nitrogens is 1. The quantitative estimate of drug-likeness (QED) is 0.739. The largest absolute Gasteiger partial charge is 0.278 e. The standard InChI is InChI=1S/C10H9ClN2/c1-7-6-10(13-12-7)8-2-4-9(11)5-3-8/h2-6H,1H3,(H,12,13). The molecular formula is C10H9ClN2. The third-order valence-corrected chi connectivity index (χ3v) is 2.11. The number of benzene rings is 1. The molecule has 0 aliphatic rings. The second kappa shape index (κ2) is 3.23. The summed E-state index contributed by atoms with van der Waals surface area (Å²) >= 11 is 5.78. The van der Waals surface area contributed by atoms with Gasteiger partial charge >= 0.3 is 0 Å². The Morgan fingerprint density at radius 2 is 1.92 bits per heavy atom. The van der Waals surface area contributed by atoms with E-state index >= 15 is 0 Å². The Balaban J connectivity index is 2.41. The summed E-state index contributed by atoms with van der Waals surface area (Å²) < 4.78 is 0. The lowest BCUT2D eigenvalue weighted by atomic mass is 10.1. The average molecular weight is 193 g/mol. The van der Waals surface area contributed by atoms with Gasteiger partial charge in [-0.2, -0.15) is 5.10 Å². The summed E-state index contributed by atoms with van der Waals surface area (Å²) in [4.78, 5) is 0. The number of halogens is 1. The fourth-order valence-corrected chi connectivity index (χ4v) is 1.33. The predicted octanol–water partition coefficient (Wildman–Crippen LogP) is 3.04. The van der Waals surface area contributed by atoms with Crippen molar-refractivity contribution < 1.29 is 0 Å². The molecule has 13 heavy (non-hydrogen) atoms. The van der Waals surface area contributed by atoms with Gasteiger partial charge in [0.2, 0.25) is 0 Å². The fourth-order valence-electron chi connectivity index (χ4n) is 1.20. The minimum Gasteiger partial charge on any atom is -0.278 e. The van der Waals surface area contributed by atoms with Gasteiger partial charge < -0.3 is 0 Å². The molecule has 1 aromatic carbocycles. The summed E-state index contributed by atoms with van der Waals surface area (Å²) in [5.41, 5.74) is 3.11. The molecule has 1 heterocycles. The van der Waals surface area contributed by atoms with Crippen LogP contribution in [0.3, 0.4) is 0 Å². The summed E-state index contributed by atoms with van der Waals surface area (Å²) in [6.07, 6.45) is 0. The minimum absolute atomic E-state index is 0.750. The molecule has 66 valence electrons. The van der Waals surface area contributed by atoms with Crippen LogP contribution < -0.4 is 0 Å². The lowest BCUT2D eigenvalue weighted by Gasteiger charge is -1.95. The van der Waals surface area contributed by atoms with E-state index in [-0.39, 0.29) is 0 Å². The van der Waals surface area contributed by atoms with Crippen LogP contribution in [0.1, 0.15) is 5.69 Å². The number of hydrogen-bond donors (Lipinski definition) is 1. The number of nitrogens with zero attached hydrogens (tertiary/aromatic N) is 1. The van der Waals surface area contributed by atoms with E-state index in [1.54, 1.807) is 0 Å². The maximum absolute atomic E-state index is 5.78. The monoisotopic (exact) mass is 192 g/mol. The van der Waals surface area contributed by atoms with Gasteiger partial charge in [0.1, 0.15) is 0 Å². The average Bonchev–Trinajstić information content (AvgIpc) is 2.53. The fraction of sp³-hybridized carbons (Fsp3) is 0.100. The number of hydrogen-bond acceptors (Lipinski definition) is 1. The molecule has 3 heteroatoms. The zero-order valence-corrected chi connectivity index (χ0v) is 7.97. The summed E-state index contributed by atoms with van der Waals surface area (Å²) in [5.74, 6) is 0. The van der Waals surface area contributed by atoms with Crippen LogP contribution >= 0.6 is 11.6 Å². The van der Waals surface area contributed by atoms with E-state index in [1.807, 2.05) is 37.3 Å². The van der Waals surface area contributed by atoms with E-state index in [9.17, 15) is 0 Å². The zero-order chi connectivity index (χ0) is 9.26. The van der Waals surface area contributed by atoms with Gasteiger partial charge in [-0.1, -0.05) is 23.7 Å². The molecule has 0 saturated heterocycles. The van der Waals surface area contributed by atoms with Crippen LogP contribution in [0.5, 0.6) is 0 Å². The van der Waals surface area contributed by atoms with Crippen molar-refractivity contribution in [3.05, 3.63) is 41.0 Å². The SMILES string of the molecule is Cc1cc(-c2ccc(Cl)cc2)[nH]n1. The first-order valence-electron chi connectivity index (χ1n) is 4.03. The van der Waals surface area contributed by atoms with Crippen LogP contribution in [-0.4, -0.2) is 10.2 Å². The van der Waals surface area contributed by atoms with Crippen LogP contribution in [0.15, 0.2) is 30.3 Å². The number of nitrogens with one attached hydrogen (secondary N) is 1. The topological polar surface area (TPSA) is 28.7 Å². The first-order valence-corrected chi connectivity index (χ1v) is 4.41. The van der Waals surface area contributed by atoms with Crippen LogP contribution in [0.4, 0.5) is 0 Å². The molecule has 0 aliphatic carbocycles. The number of aryl methyl sites for hydroxylation is 1. The third-order valence-electron chi connectivity index (χ3n) is 1.86. The highest BCUT2D eigenvalue weighted by atomic mass is 35.5. The molecule has 2 aromatic rings. The lowest BCUT2D eigenvalue weighted by Crippen LogP contribution is -1.76. The number of aromatic nitrogens is 2. The van der Waals surface area contributed by atoms with Crippen LogP contribution in [0.25, 0.3) is 11.3 Å². The van der Waals surface area contributed by atoms with E-state index in [2.05, 4.69) is 10.2 Å². The highest BCUT2D eigenvalue weighted by molar-refractivity contribution is 6.30. The van der Waals surface area contributed by atoms with Gasteiger partial charge in [0.25, 0.3) is 0 Å². The molecule has 0 fully saturated rings. The highest BCUT2D eigenvalue weighted by Crippen LogP contribution is 2.19. The van der Waals surface area contributed by atoms with E-state index < -0.39 is 0 Å². The molecular weight excluding hydrogens is 184 g/mol. The molecule has 0 aliphatic heterocycles. The van der Waals surface area contributed by atoms with Crippen molar-refractivity contribution in [3.8, 4) is 11.3 Å². The Kier molecular flexibility index (Phi) is 2.07. The second-order valence-electron chi connectivity index (χ2n) is 2.93. The van der Waals surface area contributed by atoms with E-state index in [4.69, 9.17) is 11.6 Å². The predicted molar refractivity (Wildman–Crippen MR) is 53.8 cm³/mol. The van der Waals surface area contributed by atoms with Crippen molar-refractivity contribution in [2.24, 2.45) is 0 Å². The molecule has 0 unspecified atom stereocenters. The summed E-state index contributed by atoms with van der Waals surface area (Å²) in [5, 5.41) is 7.76. The van der Waals surface area contributed by atoms with Gasteiger partial charge in [0.05, 0.1) is 11.4 Å². The summed E-state index contributed by atoms with van der Waals surface area (Å²) in [7, 11) is 0. The molecule has 0 bridgehead atoms. The van der Waals surface area contributed by atoms with Crippen molar-refractivity contribution >= 4 is 11.6 Å². The Labute approximate surface area is 81.6 Å². The smallest absolute Gasteiger partial charge is 0.0652 e. The van der Waals surface area contributed by atoms with Gasteiger partial charge in [0, 0.05) is 5.02 Å².